The molecule has 0 aliphatic carbocycles. The number of ether oxygens (including phenoxy) is 2. The molecule has 1 aromatic carbocycles. The van der Waals surface area contributed by atoms with Gasteiger partial charge in [0.05, 0.1) is 54.0 Å². The van der Waals surface area contributed by atoms with Gasteiger partial charge in [-0.2, -0.15) is 28.2 Å². The summed E-state index contributed by atoms with van der Waals surface area (Å²) in [6.45, 7) is 2.70. The minimum absolute atomic E-state index is 0.00152. The number of nitrogens with two attached hydrogens (primary N) is 1. The molecule has 3 aromatic rings. The number of nitrogens with one attached hydrogen (secondary N) is 1. The summed E-state index contributed by atoms with van der Waals surface area (Å²) in [4.78, 5) is 26.2. The first-order chi connectivity index (χ1) is 21.5. The van der Waals surface area contributed by atoms with Gasteiger partial charge in [0.1, 0.15) is 5.82 Å². The molecular formula is C29H31ClF4N8O3. The van der Waals surface area contributed by atoms with Crippen LogP contribution in [0.25, 0.3) is 0 Å². The number of carbonyl (C=O) groups excluding carboxylic acids is 1. The Balaban J connectivity index is 1.19. The molecule has 2 aromatic heterocycles. The van der Waals surface area contributed by atoms with Gasteiger partial charge in [-0.3, -0.25) is 9.48 Å². The highest BCUT2D eigenvalue weighted by molar-refractivity contribution is 6.34. The second-order valence-electron chi connectivity index (χ2n) is 11.7. The van der Waals surface area contributed by atoms with E-state index in [0.717, 1.165) is 31.5 Å². The number of likely N-dealkylation sites (tertiary alicyclic amines) is 1. The predicted octanol–water partition coefficient (Wildman–Crippen LogP) is 3.88. The number of fused-ring (bicyclic) bond motifs is 3. The fourth-order valence-corrected chi connectivity index (χ4v) is 7.09. The summed E-state index contributed by atoms with van der Waals surface area (Å²) in [6.07, 6.45) is -3.69. The molecule has 2 fully saturated rings. The van der Waals surface area contributed by atoms with Gasteiger partial charge in [-0.1, -0.05) is 11.6 Å². The lowest BCUT2D eigenvalue weighted by Crippen LogP contribution is -2.69. The number of methoxy groups -OCH3 is 1. The minimum atomic E-state index is -4.82. The molecule has 3 unspecified atom stereocenters. The average molecular weight is 651 g/mol. The number of amides is 1. The van der Waals surface area contributed by atoms with Gasteiger partial charge in [-0.05, 0) is 37.9 Å². The number of rotatable bonds is 4. The maximum absolute atomic E-state index is 15.1. The molecule has 0 spiro atoms. The number of hydrogen-bond acceptors (Lipinski definition) is 9. The topological polar surface area (TPSA) is 124 Å². The van der Waals surface area contributed by atoms with Crippen LogP contribution in [0.5, 0.6) is 6.01 Å². The summed E-state index contributed by atoms with van der Waals surface area (Å²) >= 11 is 6.84. The normalized spacial score (nSPS) is 23.0. The lowest BCUT2D eigenvalue weighted by molar-refractivity contribution is -0.140. The van der Waals surface area contributed by atoms with Crippen LogP contribution in [0.3, 0.4) is 0 Å². The van der Waals surface area contributed by atoms with Crippen molar-refractivity contribution in [1.29, 1.82) is 0 Å². The highest BCUT2D eigenvalue weighted by Crippen LogP contribution is 2.43. The Bertz CT molecular complexity index is 1670. The molecule has 240 valence electrons. The number of aromatic nitrogens is 4. The Kier molecular flexibility index (Phi) is 7.52. The number of halogens is 5. The van der Waals surface area contributed by atoms with E-state index >= 15 is 4.39 Å². The zero-order chi connectivity index (χ0) is 31.6. The van der Waals surface area contributed by atoms with Crippen molar-refractivity contribution >= 4 is 29.0 Å². The lowest BCUT2D eigenvalue weighted by Gasteiger charge is -2.50. The fourth-order valence-electron chi connectivity index (χ4n) is 6.81. The Morgan fingerprint density at radius 3 is 2.80 bits per heavy atom. The number of hydrogen-bond donors (Lipinski definition) is 2. The average Bonchev–Trinajstić information content (AvgIpc) is 3.16. The Morgan fingerprint density at radius 1 is 1.22 bits per heavy atom. The number of alkyl halides is 3. The van der Waals surface area contributed by atoms with E-state index in [0.29, 0.717) is 54.9 Å². The Labute approximate surface area is 260 Å². The zero-order valence-electron chi connectivity index (χ0n) is 24.3. The summed E-state index contributed by atoms with van der Waals surface area (Å²) in [5.41, 5.74) is 5.21. The largest absolute Gasteiger partial charge is 0.467 e. The number of anilines is 2. The molecule has 1 amide bonds. The molecule has 3 N–H and O–H groups in total. The van der Waals surface area contributed by atoms with Crippen LogP contribution >= 0.6 is 11.6 Å². The third-order valence-electron chi connectivity index (χ3n) is 9.11. The van der Waals surface area contributed by atoms with E-state index in [-0.39, 0.29) is 48.2 Å². The van der Waals surface area contributed by atoms with Crippen LogP contribution in [0.15, 0.2) is 12.1 Å². The molecule has 6 heterocycles. The van der Waals surface area contributed by atoms with E-state index in [2.05, 4.69) is 20.4 Å². The van der Waals surface area contributed by atoms with E-state index in [9.17, 15) is 18.0 Å². The van der Waals surface area contributed by atoms with Crippen LogP contribution in [0.2, 0.25) is 5.02 Å². The Hall–Kier alpha value is -3.69. The quantitative estimate of drug-likeness (QED) is 0.320. The summed E-state index contributed by atoms with van der Waals surface area (Å²) in [5.74, 6) is -0.907. The minimum Gasteiger partial charge on any atom is -0.467 e. The maximum Gasteiger partial charge on any atom is 0.416 e. The molecular weight excluding hydrogens is 620 g/mol. The van der Waals surface area contributed by atoms with Gasteiger partial charge in [0.25, 0.3) is 5.91 Å². The molecule has 0 radical (unpaired) electrons. The highest BCUT2D eigenvalue weighted by Gasteiger charge is 2.45. The lowest BCUT2D eigenvalue weighted by atomic mass is 9.88. The zero-order valence-corrected chi connectivity index (χ0v) is 25.1. The molecule has 0 bridgehead atoms. The SMILES string of the molecule is COc1nc2c(c(N3CCCn4nc(C(=O)N5CC6NCCCC65)c(Cl)c4C3)n1)COC(c1c(C(F)(F)F)ccc(N)c1F)C2. The van der Waals surface area contributed by atoms with Crippen molar-refractivity contribution in [3.63, 3.8) is 0 Å². The monoisotopic (exact) mass is 650 g/mol. The number of aryl methyl sites for hydroxylation is 1. The standard InChI is InChI=1S/C29H31ClF4N8O3/c1-44-28-37-17-10-21(22-15(29(32,33)34)5-6-16(35)24(22)31)45-13-14(17)26(38-28)40-8-3-9-42-20(12-40)23(30)25(39-42)27(43)41-11-18-19(41)4-2-7-36-18/h5-6,18-19,21,36H,2-4,7-13,35H2,1H3. The van der Waals surface area contributed by atoms with Crippen molar-refractivity contribution in [3.8, 4) is 6.01 Å². The first kappa shape index (κ1) is 30.0. The van der Waals surface area contributed by atoms with Crippen molar-refractivity contribution in [2.75, 3.05) is 37.4 Å². The van der Waals surface area contributed by atoms with E-state index in [1.807, 2.05) is 9.80 Å². The van der Waals surface area contributed by atoms with Crippen LogP contribution < -0.4 is 20.7 Å². The van der Waals surface area contributed by atoms with Crippen LogP contribution in [0.1, 0.15) is 63.9 Å². The molecule has 4 aliphatic rings. The summed E-state index contributed by atoms with van der Waals surface area (Å²) < 4.78 is 69.7. The van der Waals surface area contributed by atoms with Crippen molar-refractivity contribution in [1.82, 2.24) is 30.0 Å². The highest BCUT2D eigenvalue weighted by atomic mass is 35.5. The van der Waals surface area contributed by atoms with Crippen molar-refractivity contribution in [2.45, 2.75) is 69.7 Å². The molecule has 0 saturated carbocycles. The van der Waals surface area contributed by atoms with E-state index in [1.165, 1.54) is 7.11 Å². The van der Waals surface area contributed by atoms with E-state index in [4.69, 9.17) is 26.8 Å². The number of piperidine rings is 1. The second-order valence-corrected chi connectivity index (χ2v) is 12.1. The van der Waals surface area contributed by atoms with Gasteiger partial charge < -0.3 is 30.3 Å². The van der Waals surface area contributed by atoms with Crippen molar-refractivity contribution < 1.29 is 31.8 Å². The van der Waals surface area contributed by atoms with Gasteiger partial charge in [-0.25, -0.2) is 4.39 Å². The number of benzene rings is 1. The summed E-state index contributed by atoms with van der Waals surface area (Å²) in [5, 5.41) is 8.34. The molecule has 11 nitrogen and oxygen atoms in total. The first-order valence-corrected chi connectivity index (χ1v) is 15.2. The van der Waals surface area contributed by atoms with Gasteiger partial charge in [0, 0.05) is 49.3 Å². The fraction of sp³-hybridized carbons (Fsp3) is 0.517. The van der Waals surface area contributed by atoms with Gasteiger partial charge in [-0.15, -0.1) is 0 Å². The number of carbonyl (C=O) groups is 1. The molecule has 16 heteroatoms. The van der Waals surface area contributed by atoms with Crippen LogP contribution in [-0.4, -0.2) is 69.4 Å². The first-order valence-electron chi connectivity index (χ1n) is 14.8. The van der Waals surface area contributed by atoms with Crippen molar-refractivity contribution in [2.24, 2.45) is 0 Å². The van der Waals surface area contributed by atoms with Gasteiger partial charge in [0.15, 0.2) is 11.5 Å². The summed E-state index contributed by atoms with van der Waals surface area (Å²) in [7, 11) is 1.38. The number of nitrogen functional groups attached to an aromatic ring is 1. The third-order valence-corrected chi connectivity index (χ3v) is 9.51. The smallest absolute Gasteiger partial charge is 0.416 e. The van der Waals surface area contributed by atoms with Gasteiger partial charge in [0.2, 0.25) is 0 Å². The summed E-state index contributed by atoms with van der Waals surface area (Å²) in [6, 6.07) is 2.09. The van der Waals surface area contributed by atoms with Crippen LogP contribution in [0.4, 0.5) is 29.1 Å². The van der Waals surface area contributed by atoms with Gasteiger partial charge >= 0.3 is 12.2 Å². The van der Waals surface area contributed by atoms with E-state index < -0.39 is 34.9 Å². The second kappa shape index (κ2) is 11.3. The molecule has 2 saturated heterocycles. The number of nitrogens with zero attached hydrogens (tertiary/aromatic N) is 6. The molecule has 7 rings (SSSR count). The third kappa shape index (κ3) is 5.14. The molecule has 4 aliphatic heterocycles. The molecule has 45 heavy (non-hydrogen) atoms. The van der Waals surface area contributed by atoms with Crippen molar-refractivity contribution in [3.05, 3.63) is 56.7 Å². The van der Waals surface area contributed by atoms with Crippen LogP contribution in [0, 0.1) is 5.82 Å². The van der Waals surface area contributed by atoms with E-state index in [1.54, 1.807) is 4.68 Å². The maximum atomic E-state index is 15.1. The van der Waals surface area contributed by atoms with Crippen LogP contribution in [-0.2, 0) is 37.0 Å². The predicted molar refractivity (Wildman–Crippen MR) is 154 cm³/mol. The molecule has 3 atom stereocenters. The Morgan fingerprint density at radius 2 is 2.04 bits per heavy atom.